The summed E-state index contributed by atoms with van der Waals surface area (Å²) in [5.74, 6) is 0. The maximum absolute atomic E-state index is 2.69. The topological polar surface area (TPSA) is 6.48 Å². The Morgan fingerprint density at radius 1 is 0.542 bits per heavy atom. The number of fused-ring (bicyclic) bond motifs is 10. The highest BCUT2D eigenvalue weighted by Crippen LogP contribution is 2.67. The molecular weight excluding hydrogens is 292 g/mol. The predicted octanol–water partition coefficient (Wildman–Crippen LogP) is 4.64. The first-order chi connectivity index (χ1) is 11.0. The lowest BCUT2D eigenvalue weighted by atomic mass is 9.66. The lowest BCUT2D eigenvalue weighted by Crippen LogP contribution is -2.39. The standard InChI is InChI=1S/C22H32N2/c1-13-15-17(21(5)11-9-19(15,3)23(21)7)14(2)18-16(13)20(4)10-12-22(18,6)24(20)8/h9-12H2,1-8H3. The molecule has 0 N–H and O–H groups in total. The summed E-state index contributed by atoms with van der Waals surface area (Å²) >= 11 is 0. The van der Waals surface area contributed by atoms with Crippen molar-refractivity contribution in [2.45, 2.75) is 89.4 Å². The average molecular weight is 325 g/mol. The van der Waals surface area contributed by atoms with Crippen molar-refractivity contribution in [3.63, 3.8) is 0 Å². The van der Waals surface area contributed by atoms with E-state index in [1.54, 1.807) is 33.4 Å². The van der Waals surface area contributed by atoms with Crippen molar-refractivity contribution in [3.05, 3.63) is 33.4 Å². The first-order valence-corrected chi connectivity index (χ1v) is 9.70. The molecule has 4 aliphatic rings. The SMILES string of the molecule is Cc1c2c(c(C)c3c1C1(C)CCC3(C)N1C)C1(C)CCC2(C)N1C. The van der Waals surface area contributed by atoms with Crippen molar-refractivity contribution in [1.29, 1.82) is 0 Å². The molecule has 4 aliphatic heterocycles. The van der Waals surface area contributed by atoms with Gasteiger partial charge in [-0.15, -0.1) is 0 Å². The monoisotopic (exact) mass is 324 g/mol. The van der Waals surface area contributed by atoms with Crippen LogP contribution in [0, 0.1) is 13.8 Å². The van der Waals surface area contributed by atoms with Gasteiger partial charge in [-0.3, -0.25) is 9.80 Å². The second-order valence-corrected chi connectivity index (χ2v) is 9.96. The van der Waals surface area contributed by atoms with Crippen molar-refractivity contribution < 1.29 is 0 Å². The first kappa shape index (κ1) is 15.4. The van der Waals surface area contributed by atoms with E-state index in [0.29, 0.717) is 0 Å². The average Bonchev–Trinajstić information content (AvgIpc) is 3.04. The third-order valence-electron chi connectivity index (χ3n) is 9.31. The molecule has 130 valence electrons. The van der Waals surface area contributed by atoms with E-state index >= 15 is 0 Å². The van der Waals surface area contributed by atoms with Gasteiger partial charge in [-0.2, -0.15) is 0 Å². The molecule has 4 bridgehead atoms. The molecule has 0 spiro atoms. The van der Waals surface area contributed by atoms with E-state index in [1.165, 1.54) is 25.7 Å². The van der Waals surface area contributed by atoms with Crippen LogP contribution in [0.3, 0.4) is 0 Å². The Morgan fingerprint density at radius 3 is 0.958 bits per heavy atom. The van der Waals surface area contributed by atoms with E-state index in [0.717, 1.165) is 0 Å². The Morgan fingerprint density at radius 2 is 0.750 bits per heavy atom. The van der Waals surface area contributed by atoms with E-state index in [1.807, 2.05) is 0 Å². The zero-order valence-corrected chi connectivity index (χ0v) is 16.7. The second kappa shape index (κ2) is 3.78. The van der Waals surface area contributed by atoms with Crippen molar-refractivity contribution >= 4 is 0 Å². The molecule has 0 amide bonds. The van der Waals surface area contributed by atoms with Gasteiger partial charge in [0.15, 0.2) is 0 Å². The normalized spacial score (nSPS) is 46.0. The Balaban J connectivity index is 1.95. The molecule has 2 saturated heterocycles. The summed E-state index contributed by atoms with van der Waals surface area (Å²) in [6.45, 7) is 14.8. The van der Waals surface area contributed by atoms with Gasteiger partial charge >= 0.3 is 0 Å². The maximum atomic E-state index is 2.69. The fraction of sp³-hybridized carbons (Fsp3) is 0.727. The highest BCUT2D eigenvalue weighted by molar-refractivity contribution is 5.66. The Labute approximate surface area is 147 Å². The van der Waals surface area contributed by atoms with E-state index < -0.39 is 0 Å². The molecule has 4 heterocycles. The molecule has 5 rings (SSSR count). The van der Waals surface area contributed by atoms with Crippen molar-refractivity contribution in [2.75, 3.05) is 14.1 Å². The van der Waals surface area contributed by atoms with Crippen molar-refractivity contribution in [3.8, 4) is 0 Å². The lowest BCUT2D eigenvalue weighted by Gasteiger charge is -2.36. The van der Waals surface area contributed by atoms with Crippen molar-refractivity contribution in [1.82, 2.24) is 9.80 Å². The molecule has 1 aromatic rings. The van der Waals surface area contributed by atoms with Crippen LogP contribution < -0.4 is 0 Å². The summed E-state index contributed by atoms with van der Waals surface area (Å²) in [5, 5.41) is 0. The molecule has 0 radical (unpaired) electrons. The zero-order valence-electron chi connectivity index (χ0n) is 16.7. The van der Waals surface area contributed by atoms with E-state index in [9.17, 15) is 0 Å². The van der Waals surface area contributed by atoms with Crippen LogP contribution in [-0.4, -0.2) is 23.9 Å². The number of benzene rings is 1. The van der Waals surface area contributed by atoms with Crippen LogP contribution in [0.25, 0.3) is 0 Å². The van der Waals surface area contributed by atoms with Gasteiger partial charge in [0.2, 0.25) is 0 Å². The Kier molecular flexibility index (Phi) is 2.43. The minimum absolute atomic E-state index is 0.228. The van der Waals surface area contributed by atoms with Crippen LogP contribution in [0.15, 0.2) is 0 Å². The summed E-state index contributed by atoms with van der Waals surface area (Å²) in [4.78, 5) is 5.38. The van der Waals surface area contributed by atoms with Crippen LogP contribution in [-0.2, 0) is 22.2 Å². The summed E-state index contributed by atoms with van der Waals surface area (Å²) in [7, 11) is 4.72. The molecular formula is C22H32N2. The molecule has 2 heteroatoms. The molecule has 0 aliphatic carbocycles. The van der Waals surface area contributed by atoms with Crippen LogP contribution in [0.4, 0.5) is 0 Å². The highest BCUT2D eigenvalue weighted by Gasteiger charge is 2.64. The molecule has 1 aromatic carbocycles. The molecule has 2 nitrogen and oxygen atoms in total. The third-order valence-corrected chi connectivity index (χ3v) is 9.31. The summed E-state index contributed by atoms with van der Waals surface area (Å²) in [6.07, 6.45) is 5.21. The number of nitrogens with zero attached hydrogens (tertiary/aromatic N) is 2. The van der Waals surface area contributed by atoms with E-state index in [-0.39, 0.29) is 22.2 Å². The Hall–Kier alpha value is -0.860. The Bertz CT molecular complexity index is 683. The fourth-order valence-electron chi connectivity index (χ4n) is 7.60. The first-order valence-electron chi connectivity index (χ1n) is 9.70. The van der Waals surface area contributed by atoms with Crippen LogP contribution >= 0.6 is 0 Å². The smallest absolute Gasteiger partial charge is 0.0445 e. The minimum atomic E-state index is 0.228. The van der Waals surface area contributed by atoms with Gasteiger partial charge in [-0.1, -0.05) is 0 Å². The molecule has 4 unspecified atom stereocenters. The molecule has 2 fully saturated rings. The van der Waals surface area contributed by atoms with Gasteiger partial charge in [-0.25, -0.2) is 0 Å². The van der Waals surface area contributed by atoms with Gasteiger partial charge in [0.1, 0.15) is 0 Å². The van der Waals surface area contributed by atoms with Crippen molar-refractivity contribution in [2.24, 2.45) is 0 Å². The van der Waals surface area contributed by atoms with Crippen LogP contribution in [0.1, 0.15) is 86.8 Å². The second-order valence-electron chi connectivity index (χ2n) is 9.96. The molecule has 24 heavy (non-hydrogen) atoms. The number of hydrogen-bond acceptors (Lipinski definition) is 2. The molecule has 0 saturated carbocycles. The minimum Gasteiger partial charge on any atom is -0.287 e. The zero-order chi connectivity index (χ0) is 17.4. The molecule has 4 atom stereocenters. The third kappa shape index (κ3) is 1.18. The summed E-state index contributed by atoms with van der Waals surface area (Å²) in [6, 6.07) is 0. The lowest BCUT2D eigenvalue weighted by molar-refractivity contribution is 0.114. The number of hydrogen-bond donors (Lipinski definition) is 0. The van der Waals surface area contributed by atoms with Crippen LogP contribution in [0.2, 0.25) is 0 Å². The fourth-order valence-corrected chi connectivity index (χ4v) is 7.60. The van der Waals surface area contributed by atoms with Gasteiger partial charge in [-0.05, 0) is 115 Å². The van der Waals surface area contributed by atoms with Gasteiger partial charge < -0.3 is 0 Å². The van der Waals surface area contributed by atoms with Gasteiger partial charge in [0.05, 0.1) is 0 Å². The van der Waals surface area contributed by atoms with Gasteiger partial charge in [0, 0.05) is 22.2 Å². The van der Waals surface area contributed by atoms with Gasteiger partial charge in [0.25, 0.3) is 0 Å². The maximum Gasteiger partial charge on any atom is 0.0445 e. The molecule has 0 aromatic heterocycles. The van der Waals surface area contributed by atoms with E-state index in [2.05, 4.69) is 65.4 Å². The number of rotatable bonds is 0. The summed E-state index contributed by atoms with van der Waals surface area (Å²) in [5.41, 5.74) is 10.9. The van der Waals surface area contributed by atoms with E-state index in [4.69, 9.17) is 0 Å². The summed E-state index contributed by atoms with van der Waals surface area (Å²) < 4.78 is 0. The quantitative estimate of drug-likeness (QED) is 0.686. The largest absolute Gasteiger partial charge is 0.287 e. The van der Waals surface area contributed by atoms with Crippen LogP contribution in [0.5, 0.6) is 0 Å². The highest BCUT2D eigenvalue weighted by atomic mass is 15.3. The predicted molar refractivity (Wildman–Crippen MR) is 99.3 cm³/mol.